The van der Waals surface area contributed by atoms with Crippen molar-refractivity contribution in [2.75, 3.05) is 19.8 Å². The van der Waals surface area contributed by atoms with Gasteiger partial charge in [-0.05, 0) is 24.4 Å². The highest BCUT2D eigenvalue weighted by atomic mass is 32.2. The molecule has 0 unspecified atom stereocenters. The Kier molecular flexibility index (Phi) is 4.73. The molecule has 1 aromatic heterocycles. The van der Waals surface area contributed by atoms with E-state index in [1.165, 1.54) is 23.1 Å². The van der Waals surface area contributed by atoms with Gasteiger partial charge in [0, 0.05) is 14.1 Å². The Hall–Kier alpha value is -1.18. The quantitative estimate of drug-likeness (QED) is 0.643. The third kappa shape index (κ3) is 3.65. The maximum Gasteiger partial charge on any atom is 0.232 e. The van der Waals surface area contributed by atoms with Gasteiger partial charge in [0.2, 0.25) is 5.91 Å². The molecule has 0 radical (unpaired) electrons. The summed E-state index contributed by atoms with van der Waals surface area (Å²) in [4.78, 5) is 13.1. The number of carbonyl (C=O) groups is 1. The first-order chi connectivity index (χ1) is 9.08. The van der Waals surface area contributed by atoms with Gasteiger partial charge in [0.05, 0.1) is 11.4 Å². The van der Waals surface area contributed by atoms with E-state index in [4.69, 9.17) is 12.2 Å². The van der Waals surface area contributed by atoms with Crippen LogP contribution in [0.25, 0.3) is 5.69 Å². The van der Waals surface area contributed by atoms with E-state index in [0.29, 0.717) is 9.71 Å². The molecule has 2 rings (SSSR count). The minimum atomic E-state index is 0.0670. The van der Waals surface area contributed by atoms with Crippen LogP contribution in [0.3, 0.4) is 0 Å². The first kappa shape index (κ1) is 14.2. The number of thioether (sulfide) groups is 1. The lowest BCUT2D eigenvalue weighted by molar-refractivity contribution is -0.125. The van der Waals surface area contributed by atoms with Crippen LogP contribution in [0.4, 0.5) is 0 Å². The van der Waals surface area contributed by atoms with Gasteiger partial charge in [0.15, 0.2) is 8.29 Å². The summed E-state index contributed by atoms with van der Waals surface area (Å²) in [5.41, 5.74) is 0.939. The Morgan fingerprint density at radius 1 is 1.42 bits per heavy atom. The Morgan fingerprint density at radius 3 is 2.74 bits per heavy atom. The molecule has 2 aromatic rings. The molecular formula is C12H13N3OS3. The molecule has 0 spiro atoms. The molecule has 0 bridgehead atoms. The molecule has 0 atom stereocenters. The first-order valence-electron chi connectivity index (χ1n) is 5.56. The summed E-state index contributed by atoms with van der Waals surface area (Å²) in [6.07, 6.45) is 0. The van der Waals surface area contributed by atoms with Crippen LogP contribution < -0.4 is 0 Å². The molecule has 1 heterocycles. The van der Waals surface area contributed by atoms with Gasteiger partial charge in [-0.15, -0.1) is 5.10 Å². The first-order valence-corrected chi connectivity index (χ1v) is 7.77. The van der Waals surface area contributed by atoms with Crippen LogP contribution in [0.2, 0.25) is 0 Å². The second-order valence-electron chi connectivity index (χ2n) is 3.96. The van der Waals surface area contributed by atoms with E-state index < -0.39 is 0 Å². The molecule has 1 aromatic carbocycles. The van der Waals surface area contributed by atoms with E-state index in [9.17, 15) is 4.79 Å². The molecule has 1 amide bonds. The lowest BCUT2D eigenvalue weighted by Crippen LogP contribution is -2.23. The van der Waals surface area contributed by atoms with Crippen molar-refractivity contribution in [2.24, 2.45) is 0 Å². The third-order valence-corrected chi connectivity index (χ3v) is 4.70. The maximum absolute atomic E-state index is 11.5. The van der Waals surface area contributed by atoms with Crippen LogP contribution in [-0.2, 0) is 4.79 Å². The zero-order valence-corrected chi connectivity index (χ0v) is 13.0. The van der Waals surface area contributed by atoms with Gasteiger partial charge >= 0.3 is 0 Å². The van der Waals surface area contributed by atoms with Crippen molar-refractivity contribution in [3.8, 4) is 5.69 Å². The van der Waals surface area contributed by atoms with Gasteiger partial charge in [-0.25, -0.2) is 4.68 Å². The van der Waals surface area contributed by atoms with Gasteiger partial charge in [0.1, 0.15) is 0 Å². The fourth-order valence-electron chi connectivity index (χ4n) is 1.30. The summed E-state index contributed by atoms with van der Waals surface area (Å²) in [6.45, 7) is 0. The van der Waals surface area contributed by atoms with E-state index in [0.717, 1.165) is 10.0 Å². The topological polar surface area (TPSA) is 38.1 Å². The number of para-hydroxylation sites is 1. The highest BCUT2D eigenvalue weighted by molar-refractivity contribution is 8.01. The van der Waals surface area contributed by atoms with Gasteiger partial charge in [-0.3, -0.25) is 4.79 Å². The van der Waals surface area contributed by atoms with E-state index in [1.54, 1.807) is 23.7 Å². The monoisotopic (exact) mass is 311 g/mol. The largest absolute Gasteiger partial charge is 0.348 e. The van der Waals surface area contributed by atoms with Crippen molar-refractivity contribution in [1.29, 1.82) is 0 Å². The number of amides is 1. The van der Waals surface area contributed by atoms with Crippen molar-refractivity contribution in [3.63, 3.8) is 0 Å². The summed E-state index contributed by atoms with van der Waals surface area (Å²) in [5, 5.41) is 4.43. The molecular weight excluding hydrogens is 298 g/mol. The average molecular weight is 311 g/mol. The highest BCUT2D eigenvalue weighted by Gasteiger charge is 2.09. The van der Waals surface area contributed by atoms with Crippen molar-refractivity contribution in [1.82, 2.24) is 14.7 Å². The number of carbonyl (C=O) groups excluding carboxylic acids is 1. The molecule has 0 aliphatic carbocycles. The Labute approximate surface area is 125 Å². The number of hydrogen-bond acceptors (Lipinski definition) is 5. The molecule has 0 aliphatic rings. The standard InChI is InChI=1S/C12H13N3OS3/c1-14(2)10(16)8-18-11-13-15(12(17)19-11)9-6-4-3-5-7-9/h3-7H,8H2,1-2H3. The summed E-state index contributed by atoms with van der Waals surface area (Å²) in [7, 11) is 3.49. The minimum Gasteiger partial charge on any atom is -0.348 e. The van der Waals surface area contributed by atoms with E-state index in [2.05, 4.69) is 5.10 Å². The molecule has 0 aliphatic heterocycles. The van der Waals surface area contributed by atoms with E-state index >= 15 is 0 Å². The smallest absolute Gasteiger partial charge is 0.232 e. The molecule has 0 N–H and O–H groups in total. The number of nitrogens with zero attached hydrogens (tertiary/aromatic N) is 3. The van der Waals surface area contributed by atoms with Crippen LogP contribution >= 0.6 is 35.3 Å². The molecule has 0 saturated heterocycles. The predicted molar refractivity (Wildman–Crippen MR) is 81.7 cm³/mol. The average Bonchev–Trinajstić information content (AvgIpc) is 2.78. The van der Waals surface area contributed by atoms with Crippen molar-refractivity contribution >= 4 is 41.2 Å². The highest BCUT2D eigenvalue weighted by Crippen LogP contribution is 2.24. The summed E-state index contributed by atoms with van der Waals surface area (Å²) < 4.78 is 3.22. The maximum atomic E-state index is 11.5. The lowest BCUT2D eigenvalue weighted by atomic mass is 10.3. The number of hydrogen-bond donors (Lipinski definition) is 0. The van der Waals surface area contributed by atoms with E-state index in [1.807, 2.05) is 30.3 Å². The Morgan fingerprint density at radius 2 is 2.11 bits per heavy atom. The molecule has 7 heteroatoms. The third-order valence-electron chi connectivity index (χ3n) is 2.35. The fraction of sp³-hybridized carbons (Fsp3) is 0.250. The van der Waals surface area contributed by atoms with Gasteiger partial charge < -0.3 is 4.90 Å². The van der Waals surface area contributed by atoms with Gasteiger partial charge in [-0.1, -0.05) is 41.3 Å². The zero-order chi connectivity index (χ0) is 13.8. The minimum absolute atomic E-state index is 0.0670. The SMILES string of the molecule is CN(C)C(=O)CSc1nn(-c2ccccc2)c(=S)s1. The Balaban J connectivity index is 2.14. The summed E-state index contributed by atoms with van der Waals surface area (Å²) in [5.74, 6) is 0.446. The van der Waals surface area contributed by atoms with Crippen molar-refractivity contribution < 1.29 is 4.79 Å². The number of rotatable bonds is 4. The van der Waals surface area contributed by atoms with Crippen LogP contribution in [0.5, 0.6) is 0 Å². The van der Waals surface area contributed by atoms with Crippen LogP contribution in [-0.4, -0.2) is 40.4 Å². The number of benzene rings is 1. The lowest BCUT2D eigenvalue weighted by Gasteiger charge is -2.07. The molecule has 0 saturated carbocycles. The number of aromatic nitrogens is 2. The molecule has 100 valence electrons. The second kappa shape index (κ2) is 6.31. The Bertz CT molecular complexity index is 619. The second-order valence-corrected chi connectivity index (χ2v) is 6.80. The molecule has 19 heavy (non-hydrogen) atoms. The normalized spacial score (nSPS) is 10.4. The van der Waals surface area contributed by atoms with E-state index in [-0.39, 0.29) is 5.91 Å². The molecule has 0 fully saturated rings. The van der Waals surface area contributed by atoms with Crippen LogP contribution in [0.15, 0.2) is 34.7 Å². The summed E-state index contributed by atoms with van der Waals surface area (Å²) >= 11 is 8.13. The zero-order valence-electron chi connectivity index (χ0n) is 10.6. The van der Waals surface area contributed by atoms with Crippen LogP contribution in [0.1, 0.15) is 0 Å². The van der Waals surface area contributed by atoms with Crippen LogP contribution in [0, 0.1) is 3.95 Å². The van der Waals surface area contributed by atoms with Gasteiger partial charge in [-0.2, -0.15) is 0 Å². The fourth-order valence-corrected chi connectivity index (χ4v) is 3.64. The molecule has 4 nitrogen and oxygen atoms in total. The van der Waals surface area contributed by atoms with Gasteiger partial charge in [0.25, 0.3) is 0 Å². The van der Waals surface area contributed by atoms with Crippen molar-refractivity contribution in [2.45, 2.75) is 4.34 Å². The predicted octanol–water partition coefficient (Wildman–Crippen LogP) is 2.84. The summed E-state index contributed by atoms with van der Waals surface area (Å²) in [6, 6.07) is 9.74. The van der Waals surface area contributed by atoms with Crippen molar-refractivity contribution in [3.05, 3.63) is 34.3 Å².